The maximum atomic E-state index is 12.6. The highest BCUT2D eigenvalue weighted by atomic mass is 16.2. The van der Waals surface area contributed by atoms with Crippen LogP contribution < -0.4 is 33.5 Å². The summed E-state index contributed by atoms with van der Waals surface area (Å²) < 4.78 is 4.49. The van der Waals surface area contributed by atoms with Crippen molar-refractivity contribution in [1.29, 1.82) is 0 Å². The van der Waals surface area contributed by atoms with E-state index in [1.165, 1.54) is 36.6 Å². The number of hydrogen-bond acceptors (Lipinski definition) is 9. The number of carbonyl (C=O) groups is 3. The van der Waals surface area contributed by atoms with Gasteiger partial charge in [0.1, 0.15) is 16.9 Å². The Balaban J connectivity index is 0.000000294. The number of H-pyrrole nitrogens is 2. The number of fused-ring (bicyclic) bond motifs is 2. The fourth-order valence-corrected chi connectivity index (χ4v) is 4.16. The zero-order valence-corrected chi connectivity index (χ0v) is 23.3. The molecular weight excluding hydrogens is 540 g/mol. The van der Waals surface area contributed by atoms with Gasteiger partial charge in [0.25, 0.3) is 11.1 Å². The largest absolute Gasteiger partial charge is 0.370 e. The average Bonchev–Trinajstić information content (AvgIpc) is 3.59. The van der Waals surface area contributed by atoms with E-state index < -0.39 is 34.9 Å². The topological polar surface area (TPSA) is 235 Å². The van der Waals surface area contributed by atoms with E-state index in [-0.39, 0.29) is 47.5 Å². The molecule has 0 saturated carbocycles. The van der Waals surface area contributed by atoms with Crippen LogP contribution in [-0.2, 0) is 42.6 Å². The normalized spacial score (nSPS) is 11.7. The highest BCUT2D eigenvalue weighted by Crippen LogP contribution is 2.22. The summed E-state index contributed by atoms with van der Waals surface area (Å²) in [5.41, 5.74) is 4.22. The lowest BCUT2D eigenvalue weighted by atomic mass is 10.00. The Morgan fingerprint density at radius 1 is 0.902 bits per heavy atom. The Morgan fingerprint density at radius 3 is 2.07 bits per heavy atom. The highest BCUT2D eigenvalue weighted by molar-refractivity contribution is 5.98. The summed E-state index contributed by atoms with van der Waals surface area (Å²) in [6.07, 6.45) is 2.70. The molecule has 41 heavy (non-hydrogen) atoms. The van der Waals surface area contributed by atoms with Gasteiger partial charge in [0.2, 0.25) is 17.7 Å². The van der Waals surface area contributed by atoms with Crippen molar-refractivity contribution in [2.45, 2.75) is 44.9 Å². The summed E-state index contributed by atoms with van der Waals surface area (Å²) in [6, 6.07) is 0. The van der Waals surface area contributed by atoms with Crippen molar-refractivity contribution in [1.82, 2.24) is 43.5 Å². The molecule has 0 fully saturated rings. The van der Waals surface area contributed by atoms with E-state index in [1.807, 2.05) is 6.92 Å². The van der Waals surface area contributed by atoms with E-state index in [2.05, 4.69) is 25.3 Å². The molecule has 0 spiro atoms. The minimum atomic E-state index is -0.910. The van der Waals surface area contributed by atoms with Crippen LogP contribution in [0.3, 0.4) is 0 Å². The van der Waals surface area contributed by atoms with E-state index in [0.717, 1.165) is 9.13 Å². The first-order valence-electron chi connectivity index (χ1n) is 12.7. The van der Waals surface area contributed by atoms with Crippen molar-refractivity contribution < 1.29 is 14.4 Å². The molecule has 4 aromatic rings. The number of nitrogens with zero attached hydrogens (tertiary/aromatic N) is 6. The smallest absolute Gasteiger partial charge is 0.332 e. The number of rotatable bonds is 8. The molecule has 1 unspecified atom stereocenters. The third-order valence-corrected chi connectivity index (χ3v) is 6.44. The summed E-state index contributed by atoms with van der Waals surface area (Å²) in [5.74, 6) is -2.30. The van der Waals surface area contributed by atoms with Gasteiger partial charge in [-0.2, -0.15) is 0 Å². The van der Waals surface area contributed by atoms with Gasteiger partial charge in [-0.15, -0.1) is 0 Å². The molecule has 17 heteroatoms. The quantitative estimate of drug-likeness (QED) is 0.184. The van der Waals surface area contributed by atoms with E-state index in [9.17, 15) is 33.6 Å². The number of imide groups is 1. The highest BCUT2D eigenvalue weighted by Gasteiger charge is 2.27. The van der Waals surface area contributed by atoms with Crippen molar-refractivity contribution in [3.8, 4) is 0 Å². The Morgan fingerprint density at radius 2 is 1.49 bits per heavy atom. The van der Waals surface area contributed by atoms with Crippen LogP contribution in [0.2, 0.25) is 0 Å². The number of hydrogen-bond donors (Lipinski definition) is 4. The zero-order chi connectivity index (χ0) is 30.6. The number of primary amides is 1. The summed E-state index contributed by atoms with van der Waals surface area (Å²) in [5, 5.41) is 2.31. The number of nitrogens with one attached hydrogen (secondary N) is 3. The minimum Gasteiger partial charge on any atom is -0.370 e. The molecule has 3 amide bonds. The van der Waals surface area contributed by atoms with Crippen LogP contribution in [0.1, 0.15) is 50.8 Å². The lowest BCUT2D eigenvalue weighted by Crippen LogP contribution is -2.36. The van der Waals surface area contributed by atoms with Gasteiger partial charge in [-0.1, -0.05) is 6.92 Å². The monoisotopic (exact) mass is 572 g/mol. The predicted molar refractivity (Wildman–Crippen MR) is 147 cm³/mol. The first kappa shape index (κ1) is 30.5. The molecular formula is C24H32N10O7. The molecule has 4 aromatic heterocycles. The van der Waals surface area contributed by atoms with Crippen LogP contribution in [0.15, 0.2) is 25.5 Å². The zero-order valence-electron chi connectivity index (χ0n) is 23.3. The van der Waals surface area contributed by atoms with Crippen molar-refractivity contribution in [2.24, 2.45) is 33.9 Å². The summed E-state index contributed by atoms with van der Waals surface area (Å²) in [6.45, 7) is 1.81. The van der Waals surface area contributed by atoms with Crippen LogP contribution in [0.5, 0.6) is 0 Å². The average molecular weight is 573 g/mol. The summed E-state index contributed by atoms with van der Waals surface area (Å²) >= 11 is 0. The van der Waals surface area contributed by atoms with Gasteiger partial charge in [-0.25, -0.2) is 19.6 Å². The lowest BCUT2D eigenvalue weighted by molar-refractivity contribution is -0.131. The van der Waals surface area contributed by atoms with Crippen LogP contribution in [0.4, 0.5) is 0 Å². The molecule has 17 nitrogen and oxygen atoms in total. The molecule has 4 rings (SSSR count). The third-order valence-electron chi connectivity index (χ3n) is 6.44. The summed E-state index contributed by atoms with van der Waals surface area (Å²) in [4.78, 5) is 96.3. The van der Waals surface area contributed by atoms with Gasteiger partial charge in [0.15, 0.2) is 11.3 Å². The Bertz CT molecular complexity index is 1870. The maximum Gasteiger partial charge on any atom is 0.332 e. The van der Waals surface area contributed by atoms with Crippen LogP contribution in [0.25, 0.3) is 22.3 Å². The molecule has 0 aromatic carbocycles. The molecule has 0 aliphatic rings. The molecule has 0 aliphatic carbocycles. The van der Waals surface area contributed by atoms with Crippen molar-refractivity contribution >= 4 is 40.0 Å². The minimum absolute atomic E-state index is 0.0627. The number of carbonyl (C=O) groups excluding carboxylic acids is 3. The molecule has 0 saturated heterocycles. The van der Waals surface area contributed by atoms with Crippen LogP contribution in [0, 0.1) is 0 Å². The number of nitrogens with two attached hydrogens (primary N) is 1. The van der Waals surface area contributed by atoms with Gasteiger partial charge in [0, 0.05) is 41.0 Å². The maximum absolute atomic E-state index is 12.6. The van der Waals surface area contributed by atoms with Gasteiger partial charge in [-0.3, -0.25) is 47.6 Å². The Hall–Kier alpha value is -5.09. The standard InChI is InChI=1S/C17H24N6O5.C7H8N4O2/c1-4-6-11(25)19-15(26)9(7-5-8-10(18)24)13-20-12-14(21-13)22(2)17(28)23(3)16(12)27;1-10-5-4(8-3-9-5)6(12)11(2)7(10)13/h9H,4-8H2,1-3H3,(H2,18,24)(H,20,21)(H,19,25,26);3H,1-2H3,(H,8,9). The SMILES string of the molecule is CCCC(=O)NC(=O)C(CCCC(N)=O)c1nc2c([nH]1)c(=O)n(C)c(=O)n2C.Cn1c(=O)c2[nH]cnc2n(C)c1=O. The molecule has 1 atom stereocenters. The predicted octanol–water partition coefficient (Wildman–Crippen LogP) is -1.90. The fraction of sp³-hybridized carbons (Fsp3) is 0.458. The van der Waals surface area contributed by atoms with Crippen LogP contribution in [-0.4, -0.2) is 55.9 Å². The molecule has 0 radical (unpaired) electrons. The molecule has 0 aliphatic heterocycles. The van der Waals surface area contributed by atoms with E-state index >= 15 is 0 Å². The molecule has 220 valence electrons. The Kier molecular flexibility index (Phi) is 9.21. The first-order valence-corrected chi connectivity index (χ1v) is 12.7. The van der Waals surface area contributed by atoms with Gasteiger partial charge in [-0.05, 0) is 19.3 Å². The van der Waals surface area contributed by atoms with Crippen LogP contribution >= 0.6 is 0 Å². The van der Waals surface area contributed by atoms with Gasteiger partial charge in [0.05, 0.1) is 12.2 Å². The second kappa shape index (κ2) is 12.4. The molecule has 4 heterocycles. The number of amides is 3. The first-order chi connectivity index (χ1) is 19.3. The number of aryl methyl sites for hydroxylation is 2. The third kappa shape index (κ3) is 6.23. The van der Waals surface area contributed by atoms with Crippen molar-refractivity contribution in [3.63, 3.8) is 0 Å². The molecule has 0 bridgehead atoms. The molecule has 5 N–H and O–H groups in total. The Labute approximate surface area is 231 Å². The van der Waals surface area contributed by atoms with Crippen molar-refractivity contribution in [3.05, 3.63) is 53.8 Å². The van der Waals surface area contributed by atoms with E-state index in [1.54, 1.807) is 7.05 Å². The second-order valence-corrected chi connectivity index (χ2v) is 9.41. The van der Waals surface area contributed by atoms with E-state index in [0.29, 0.717) is 24.0 Å². The number of aromatic nitrogens is 8. The fourth-order valence-electron chi connectivity index (χ4n) is 4.16. The van der Waals surface area contributed by atoms with Crippen molar-refractivity contribution in [2.75, 3.05) is 0 Å². The van der Waals surface area contributed by atoms with Gasteiger partial charge < -0.3 is 15.7 Å². The lowest BCUT2D eigenvalue weighted by Gasteiger charge is -2.13. The van der Waals surface area contributed by atoms with E-state index in [4.69, 9.17) is 5.73 Å². The number of aromatic amines is 2. The second-order valence-electron chi connectivity index (χ2n) is 9.41. The number of imidazole rings is 2. The summed E-state index contributed by atoms with van der Waals surface area (Å²) in [7, 11) is 5.81. The van der Waals surface area contributed by atoms with Gasteiger partial charge >= 0.3 is 11.4 Å².